The lowest BCUT2D eigenvalue weighted by molar-refractivity contribution is -0.140. The average molecular weight is 586 g/mol. The van der Waals surface area contributed by atoms with Gasteiger partial charge in [-0.25, -0.2) is 8.42 Å². The number of sulfonamides is 1. The lowest BCUT2D eigenvalue weighted by Crippen LogP contribution is -2.52. The molecule has 0 fully saturated rings. The van der Waals surface area contributed by atoms with Gasteiger partial charge in [0.25, 0.3) is 10.0 Å². The zero-order chi connectivity index (χ0) is 29.1. The van der Waals surface area contributed by atoms with E-state index in [4.69, 9.17) is 16.3 Å². The molecule has 3 aromatic carbocycles. The molecule has 0 bridgehead atoms. The van der Waals surface area contributed by atoms with E-state index in [9.17, 15) is 18.0 Å². The second-order valence-electron chi connectivity index (χ2n) is 9.18. The number of halogens is 1. The first-order valence-corrected chi connectivity index (χ1v) is 15.1. The third kappa shape index (κ3) is 7.55. The maximum atomic E-state index is 14.1. The number of rotatable bonds is 14. The Morgan fingerprint density at radius 3 is 2.25 bits per heavy atom. The summed E-state index contributed by atoms with van der Waals surface area (Å²) in [6.45, 7) is 3.80. The molecule has 3 aromatic rings. The predicted octanol–water partition coefficient (Wildman–Crippen LogP) is 5.27. The number of para-hydroxylation sites is 2. The molecule has 0 aliphatic heterocycles. The van der Waals surface area contributed by atoms with E-state index < -0.39 is 28.5 Å². The van der Waals surface area contributed by atoms with Crippen LogP contribution in [0.2, 0.25) is 5.02 Å². The minimum absolute atomic E-state index is 0.0238. The quantitative estimate of drug-likeness (QED) is 0.260. The van der Waals surface area contributed by atoms with E-state index in [1.54, 1.807) is 66.7 Å². The Kier molecular flexibility index (Phi) is 11.4. The molecule has 0 radical (unpaired) electrons. The highest BCUT2D eigenvalue weighted by molar-refractivity contribution is 7.92. The number of methoxy groups -OCH3 is 1. The maximum Gasteiger partial charge on any atom is 0.264 e. The third-order valence-electron chi connectivity index (χ3n) is 6.48. The van der Waals surface area contributed by atoms with Gasteiger partial charge in [-0.1, -0.05) is 80.4 Å². The molecule has 0 aliphatic carbocycles. The monoisotopic (exact) mass is 585 g/mol. The summed E-state index contributed by atoms with van der Waals surface area (Å²) >= 11 is 6.44. The molecule has 0 spiro atoms. The lowest BCUT2D eigenvalue weighted by Gasteiger charge is -2.33. The Labute approximate surface area is 241 Å². The van der Waals surface area contributed by atoms with Gasteiger partial charge >= 0.3 is 0 Å². The van der Waals surface area contributed by atoms with Gasteiger partial charge in [0.15, 0.2) is 0 Å². The van der Waals surface area contributed by atoms with E-state index in [-0.39, 0.29) is 28.8 Å². The summed E-state index contributed by atoms with van der Waals surface area (Å²) in [6, 6.07) is 20.7. The average Bonchev–Trinajstić information content (AvgIpc) is 2.97. The molecule has 40 heavy (non-hydrogen) atoms. The number of unbranched alkanes of at least 4 members (excludes halogenated alkanes) is 1. The van der Waals surface area contributed by atoms with Crippen LogP contribution in [0.15, 0.2) is 83.8 Å². The van der Waals surface area contributed by atoms with Crippen molar-refractivity contribution >= 4 is 39.1 Å². The first kappa shape index (κ1) is 31.0. The maximum absolute atomic E-state index is 14.1. The van der Waals surface area contributed by atoms with Crippen molar-refractivity contribution < 1.29 is 22.7 Å². The van der Waals surface area contributed by atoms with Crippen LogP contribution in [-0.4, -0.2) is 51.4 Å². The van der Waals surface area contributed by atoms with Crippen molar-refractivity contribution in [2.45, 2.75) is 50.6 Å². The first-order chi connectivity index (χ1) is 19.2. The molecule has 1 atom stereocenters. The highest BCUT2D eigenvalue weighted by atomic mass is 35.5. The summed E-state index contributed by atoms with van der Waals surface area (Å²) < 4.78 is 34.3. The van der Waals surface area contributed by atoms with E-state index >= 15 is 0 Å². The summed E-state index contributed by atoms with van der Waals surface area (Å²) in [4.78, 5) is 28.8. The number of nitrogens with zero attached hydrogens (tertiary/aromatic N) is 2. The molecule has 0 saturated carbocycles. The predicted molar refractivity (Wildman–Crippen MR) is 158 cm³/mol. The zero-order valence-electron chi connectivity index (χ0n) is 23.0. The van der Waals surface area contributed by atoms with Gasteiger partial charge in [0.2, 0.25) is 11.8 Å². The number of carbonyl (C=O) groups excluding carboxylic acids is 2. The van der Waals surface area contributed by atoms with Crippen LogP contribution < -0.4 is 14.4 Å². The molecule has 0 aliphatic rings. The molecule has 0 saturated heterocycles. The van der Waals surface area contributed by atoms with Gasteiger partial charge < -0.3 is 15.0 Å². The molecule has 0 unspecified atom stereocenters. The Morgan fingerprint density at radius 2 is 1.60 bits per heavy atom. The minimum Gasteiger partial charge on any atom is -0.495 e. The normalized spacial score (nSPS) is 11.9. The number of ether oxygens (including phenoxy) is 1. The fourth-order valence-corrected chi connectivity index (χ4v) is 5.95. The highest BCUT2D eigenvalue weighted by Crippen LogP contribution is 2.32. The van der Waals surface area contributed by atoms with Crippen LogP contribution in [0.4, 0.5) is 5.69 Å². The lowest BCUT2D eigenvalue weighted by atomic mass is 10.1. The fraction of sp³-hybridized carbons (Fsp3) is 0.333. The summed E-state index contributed by atoms with van der Waals surface area (Å²) in [5.74, 6) is -0.564. The van der Waals surface area contributed by atoms with Gasteiger partial charge in [0, 0.05) is 18.1 Å². The van der Waals surface area contributed by atoms with Crippen molar-refractivity contribution in [1.29, 1.82) is 0 Å². The van der Waals surface area contributed by atoms with Crippen molar-refractivity contribution in [3.05, 3.63) is 89.4 Å². The Bertz CT molecular complexity index is 1380. The Balaban J connectivity index is 2.07. The van der Waals surface area contributed by atoms with E-state index in [2.05, 4.69) is 5.32 Å². The smallest absolute Gasteiger partial charge is 0.264 e. The Morgan fingerprint density at radius 1 is 0.950 bits per heavy atom. The molecular formula is C30H36ClN3O5S. The summed E-state index contributed by atoms with van der Waals surface area (Å²) in [6.07, 6.45) is 2.04. The van der Waals surface area contributed by atoms with Crippen LogP contribution in [0.3, 0.4) is 0 Å². The molecule has 0 aromatic heterocycles. The largest absolute Gasteiger partial charge is 0.495 e. The van der Waals surface area contributed by atoms with Crippen molar-refractivity contribution in [1.82, 2.24) is 10.2 Å². The SMILES string of the molecule is CCCCNC(=O)[C@@H](CC)N(Cc1ccccc1Cl)C(=O)CN(c1ccccc1OC)S(=O)(=O)c1ccccc1. The molecule has 1 N–H and O–H groups in total. The van der Waals surface area contributed by atoms with Gasteiger partial charge in [0.05, 0.1) is 17.7 Å². The van der Waals surface area contributed by atoms with Gasteiger partial charge in [-0.15, -0.1) is 0 Å². The second kappa shape index (κ2) is 14.7. The molecule has 0 heterocycles. The molecule has 2 amide bonds. The summed E-state index contributed by atoms with van der Waals surface area (Å²) in [5, 5.41) is 3.36. The number of anilines is 1. The number of carbonyl (C=O) groups is 2. The molecule has 3 rings (SSSR count). The summed E-state index contributed by atoms with van der Waals surface area (Å²) in [5.41, 5.74) is 0.854. The minimum atomic E-state index is -4.19. The van der Waals surface area contributed by atoms with Crippen molar-refractivity contribution in [2.75, 3.05) is 24.5 Å². The number of hydrogen-bond donors (Lipinski definition) is 1. The van der Waals surface area contributed by atoms with Crippen molar-refractivity contribution in [3.63, 3.8) is 0 Å². The number of amides is 2. The van der Waals surface area contributed by atoms with Crippen LogP contribution >= 0.6 is 11.6 Å². The van der Waals surface area contributed by atoms with Crippen LogP contribution in [-0.2, 0) is 26.2 Å². The van der Waals surface area contributed by atoms with E-state index in [1.165, 1.54) is 24.1 Å². The fourth-order valence-electron chi connectivity index (χ4n) is 4.30. The molecular weight excluding hydrogens is 550 g/mol. The van der Waals surface area contributed by atoms with E-state index in [1.807, 2.05) is 13.8 Å². The van der Waals surface area contributed by atoms with E-state index in [0.717, 1.165) is 17.1 Å². The third-order valence-corrected chi connectivity index (χ3v) is 8.62. The Hall–Kier alpha value is -3.56. The van der Waals surface area contributed by atoms with Crippen LogP contribution in [0.5, 0.6) is 5.75 Å². The zero-order valence-corrected chi connectivity index (χ0v) is 24.6. The standard InChI is InChI=1S/C30H36ClN3O5S/c1-4-6-20-32-30(36)26(5-2)33(21-23-14-10-11-17-25(23)31)29(35)22-34(27-18-12-13-19-28(27)39-3)40(37,38)24-15-8-7-9-16-24/h7-19,26H,4-6,20-22H2,1-3H3,(H,32,36)/t26-/m1/s1. The van der Waals surface area contributed by atoms with Gasteiger partial charge in [0.1, 0.15) is 18.3 Å². The van der Waals surface area contributed by atoms with Crippen LogP contribution in [0.1, 0.15) is 38.7 Å². The summed E-state index contributed by atoms with van der Waals surface area (Å²) in [7, 11) is -2.75. The molecule has 10 heteroatoms. The molecule has 8 nitrogen and oxygen atoms in total. The van der Waals surface area contributed by atoms with Crippen LogP contribution in [0, 0.1) is 0 Å². The van der Waals surface area contributed by atoms with Crippen LogP contribution in [0.25, 0.3) is 0 Å². The highest BCUT2D eigenvalue weighted by Gasteiger charge is 2.34. The topological polar surface area (TPSA) is 96.0 Å². The molecule has 214 valence electrons. The van der Waals surface area contributed by atoms with E-state index in [0.29, 0.717) is 23.6 Å². The first-order valence-electron chi connectivity index (χ1n) is 13.3. The van der Waals surface area contributed by atoms with Crippen molar-refractivity contribution in [3.8, 4) is 5.75 Å². The van der Waals surface area contributed by atoms with Crippen molar-refractivity contribution in [2.24, 2.45) is 0 Å². The van der Waals surface area contributed by atoms with Gasteiger partial charge in [-0.05, 0) is 48.7 Å². The number of nitrogens with one attached hydrogen (secondary N) is 1. The van der Waals surface area contributed by atoms with Gasteiger partial charge in [-0.2, -0.15) is 0 Å². The number of hydrogen-bond acceptors (Lipinski definition) is 5. The van der Waals surface area contributed by atoms with Gasteiger partial charge in [-0.3, -0.25) is 13.9 Å². The number of benzene rings is 3. The second-order valence-corrected chi connectivity index (χ2v) is 11.4.